The van der Waals surface area contributed by atoms with Gasteiger partial charge in [0, 0.05) is 0 Å². The fourth-order valence-electron chi connectivity index (χ4n) is 1.53. The average molecular weight is 281 g/mol. The van der Waals surface area contributed by atoms with Crippen molar-refractivity contribution in [3.8, 4) is 17.2 Å². The molecule has 0 amide bonds. The molecule has 2 aromatic rings. The van der Waals surface area contributed by atoms with Gasteiger partial charge in [-0.25, -0.2) is 0 Å². The Hall–Kier alpha value is -2.01. The lowest BCUT2D eigenvalue weighted by atomic mass is 10.3. The molecular formula is C13H13ClN2O3. The second-order valence-electron chi connectivity index (χ2n) is 3.63. The van der Waals surface area contributed by atoms with Crippen molar-refractivity contribution >= 4 is 11.6 Å². The molecular weight excluding hydrogens is 268 g/mol. The molecule has 1 aromatic carbocycles. The minimum atomic E-state index is 0.251. The van der Waals surface area contributed by atoms with Crippen LogP contribution in [0.25, 0.3) is 0 Å². The van der Waals surface area contributed by atoms with E-state index in [1.54, 1.807) is 38.5 Å². The summed E-state index contributed by atoms with van der Waals surface area (Å²) >= 11 is 5.67. The summed E-state index contributed by atoms with van der Waals surface area (Å²) in [6.45, 7) is 0.251. The minimum Gasteiger partial charge on any atom is -0.493 e. The molecule has 0 radical (unpaired) electrons. The van der Waals surface area contributed by atoms with E-state index in [2.05, 4.69) is 10.2 Å². The summed E-state index contributed by atoms with van der Waals surface area (Å²) in [5.74, 6) is 1.73. The molecule has 0 bridgehead atoms. The quantitative estimate of drug-likeness (QED) is 0.843. The summed E-state index contributed by atoms with van der Waals surface area (Å²) in [5, 5.41) is 8.01. The minimum absolute atomic E-state index is 0.251. The van der Waals surface area contributed by atoms with Crippen LogP contribution >= 0.6 is 11.6 Å². The number of nitrogens with zero attached hydrogens (tertiary/aromatic N) is 2. The molecule has 0 saturated heterocycles. The number of methoxy groups -OCH3 is 2. The van der Waals surface area contributed by atoms with E-state index in [4.69, 9.17) is 25.8 Å². The van der Waals surface area contributed by atoms with E-state index in [1.807, 2.05) is 6.07 Å². The summed E-state index contributed by atoms with van der Waals surface area (Å²) in [4.78, 5) is 0. The predicted molar refractivity (Wildman–Crippen MR) is 70.9 cm³/mol. The van der Waals surface area contributed by atoms with Crippen LogP contribution in [0.15, 0.2) is 30.3 Å². The Bertz CT molecular complexity index is 524. The molecule has 100 valence electrons. The van der Waals surface area contributed by atoms with Gasteiger partial charge in [0.15, 0.2) is 16.7 Å². The standard InChI is InChI=1S/C13H13ClN2O3/c1-17-10-4-3-5-11(18-2)13(10)19-8-9-6-7-12(14)16-15-9/h3-7H,8H2,1-2H3. The van der Waals surface area contributed by atoms with Crippen molar-refractivity contribution in [2.75, 3.05) is 14.2 Å². The molecule has 0 aliphatic rings. The van der Waals surface area contributed by atoms with Crippen LogP contribution in [-0.2, 0) is 6.61 Å². The second-order valence-corrected chi connectivity index (χ2v) is 4.01. The van der Waals surface area contributed by atoms with E-state index in [0.717, 1.165) is 0 Å². The fourth-order valence-corrected chi connectivity index (χ4v) is 1.63. The maximum Gasteiger partial charge on any atom is 0.203 e. The third-order valence-corrected chi connectivity index (χ3v) is 2.64. The molecule has 0 fully saturated rings. The molecule has 0 aliphatic heterocycles. The topological polar surface area (TPSA) is 53.5 Å². The molecule has 0 aliphatic carbocycles. The molecule has 0 unspecified atom stereocenters. The largest absolute Gasteiger partial charge is 0.493 e. The third-order valence-electron chi connectivity index (χ3n) is 2.43. The van der Waals surface area contributed by atoms with Crippen LogP contribution in [0.2, 0.25) is 5.15 Å². The first kappa shape index (κ1) is 13.4. The Kier molecular flexibility index (Phi) is 4.41. The molecule has 0 N–H and O–H groups in total. The zero-order valence-corrected chi connectivity index (χ0v) is 11.3. The van der Waals surface area contributed by atoms with Crippen LogP contribution in [0.5, 0.6) is 17.2 Å². The second kappa shape index (κ2) is 6.24. The molecule has 0 saturated carbocycles. The summed E-state index contributed by atoms with van der Waals surface area (Å²) in [5.41, 5.74) is 0.664. The summed E-state index contributed by atoms with van der Waals surface area (Å²) < 4.78 is 16.1. The average Bonchev–Trinajstić information content (AvgIpc) is 2.46. The van der Waals surface area contributed by atoms with Gasteiger partial charge in [0.2, 0.25) is 5.75 Å². The number of ether oxygens (including phenoxy) is 3. The van der Waals surface area contributed by atoms with Crippen LogP contribution in [-0.4, -0.2) is 24.4 Å². The van der Waals surface area contributed by atoms with Gasteiger partial charge in [-0.2, -0.15) is 5.10 Å². The van der Waals surface area contributed by atoms with Crippen LogP contribution < -0.4 is 14.2 Å². The molecule has 5 nitrogen and oxygen atoms in total. The van der Waals surface area contributed by atoms with Crippen molar-refractivity contribution in [2.24, 2.45) is 0 Å². The summed E-state index contributed by atoms with van der Waals surface area (Å²) in [7, 11) is 3.15. The van der Waals surface area contributed by atoms with Crippen molar-refractivity contribution < 1.29 is 14.2 Å². The van der Waals surface area contributed by atoms with E-state index in [1.165, 1.54) is 0 Å². The fraction of sp³-hybridized carbons (Fsp3) is 0.231. The van der Waals surface area contributed by atoms with E-state index < -0.39 is 0 Å². The Morgan fingerprint density at radius 1 is 1.00 bits per heavy atom. The summed E-state index contributed by atoms with van der Waals surface area (Å²) in [6.07, 6.45) is 0. The van der Waals surface area contributed by atoms with Gasteiger partial charge in [-0.15, -0.1) is 5.10 Å². The Morgan fingerprint density at radius 3 is 2.21 bits per heavy atom. The van der Waals surface area contributed by atoms with Crippen LogP contribution in [0.3, 0.4) is 0 Å². The molecule has 19 heavy (non-hydrogen) atoms. The van der Waals surface area contributed by atoms with Gasteiger partial charge in [-0.3, -0.25) is 0 Å². The van der Waals surface area contributed by atoms with Gasteiger partial charge in [-0.1, -0.05) is 17.7 Å². The normalized spacial score (nSPS) is 10.1. The molecule has 0 spiro atoms. The lowest BCUT2D eigenvalue weighted by Crippen LogP contribution is -2.02. The van der Waals surface area contributed by atoms with Crippen molar-refractivity contribution in [2.45, 2.75) is 6.61 Å². The highest BCUT2D eigenvalue weighted by Crippen LogP contribution is 2.37. The lowest BCUT2D eigenvalue weighted by Gasteiger charge is -2.13. The molecule has 2 rings (SSSR count). The van der Waals surface area contributed by atoms with E-state index in [-0.39, 0.29) is 6.61 Å². The van der Waals surface area contributed by atoms with Crippen molar-refractivity contribution in [1.82, 2.24) is 10.2 Å². The maximum atomic E-state index is 5.68. The highest BCUT2D eigenvalue weighted by molar-refractivity contribution is 6.29. The third kappa shape index (κ3) is 3.26. The van der Waals surface area contributed by atoms with Crippen molar-refractivity contribution in [3.63, 3.8) is 0 Å². The summed E-state index contributed by atoms with van der Waals surface area (Å²) in [6, 6.07) is 8.83. The lowest BCUT2D eigenvalue weighted by molar-refractivity contribution is 0.262. The molecule has 0 atom stereocenters. The van der Waals surface area contributed by atoms with Crippen LogP contribution in [0.4, 0.5) is 0 Å². The SMILES string of the molecule is COc1cccc(OC)c1OCc1ccc(Cl)nn1. The number of para-hydroxylation sites is 1. The van der Waals surface area contributed by atoms with Gasteiger partial charge in [0.05, 0.1) is 14.2 Å². The first-order valence-corrected chi connectivity index (χ1v) is 5.94. The Labute approximate surface area is 116 Å². The molecule has 6 heteroatoms. The number of aromatic nitrogens is 2. The molecule has 1 aromatic heterocycles. The smallest absolute Gasteiger partial charge is 0.203 e. The Balaban J connectivity index is 2.16. The number of hydrogen-bond acceptors (Lipinski definition) is 5. The zero-order chi connectivity index (χ0) is 13.7. The Morgan fingerprint density at radius 2 is 1.68 bits per heavy atom. The number of hydrogen-bond donors (Lipinski definition) is 0. The van der Waals surface area contributed by atoms with E-state index in [0.29, 0.717) is 28.1 Å². The van der Waals surface area contributed by atoms with Crippen molar-refractivity contribution in [1.29, 1.82) is 0 Å². The highest BCUT2D eigenvalue weighted by Gasteiger charge is 2.11. The van der Waals surface area contributed by atoms with E-state index in [9.17, 15) is 0 Å². The maximum absolute atomic E-state index is 5.68. The van der Waals surface area contributed by atoms with Crippen LogP contribution in [0, 0.1) is 0 Å². The predicted octanol–water partition coefficient (Wildman–Crippen LogP) is 2.73. The highest BCUT2D eigenvalue weighted by atomic mass is 35.5. The number of benzene rings is 1. The van der Waals surface area contributed by atoms with Gasteiger partial charge in [0.25, 0.3) is 0 Å². The van der Waals surface area contributed by atoms with E-state index >= 15 is 0 Å². The van der Waals surface area contributed by atoms with Gasteiger partial charge in [-0.05, 0) is 24.3 Å². The van der Waals surface area contributed by atoms with Gasteiger partial charge < -0.3 is 14.2 Å². The van der Waals surface area contributed by atoms with Gasteiger partial charge >= 0.3 is 0 Å². The first-order valence-electron chi connectivity index (χ1n) is 5.56. The zero-order valence-electron chi connectivity index (χ0n) is 10.6. The monoisotopic (exact) mass is 280 g/mol. The number of rotatable bonds is 5. The van der Waals surface area contributed by atoms with Gasteiger partial charge in [0.1, 0.15) is 12.3 Å². The number of halogens is 1. The first-order chi connectivity index (χ1) is 9.24. The van der Waals surface area contributed by atoms with Crippen molar-refractivity contribution in [3.05, 3.63) is 41.2 Å². The molecule has 1 heterocycles. The van der Waals surface area contributed by atoms with Crippen LogP contribution in [0.1, 0.15) is 5.69 Å².